The van der Waals surface area contributed by atoms with Crippen LogP contribution in [-0.2, 0) is 4.79 Å². The normalized spacial score (nSPS) is 27.1. The maximum Gasteiger partial charge on any atom is 0.335 e. The zero-order chi connectivity index (χ0) is 11.0. The Morgan fingerprint density at radius 2 is 2.13 bits per heavy atom. The van der Waals surface area contributed by atoms with E-state index in [1.165, 1.54) is 0 Å². The average Bonchev–Trinajstić information content (AvgIpc) is 2.63. The van der Waals surface area contributed by atoms with Crippen LogP contribution in [0.15, 0.2) is 0 Å². The van der Waals surface area contributed by atoms with Crippen molar-refractivity contribution in [1.82, 2.24) is 14.9 Å². The predicted octanol–water partition coefficient (Wildman–Crippen LogP) is 0.322. The number of carbonyl (C=O) groups excluding carboxylic acids is 2. The summed E-state index contributed by atoms with van der Waals surface area (Å²) in [6.07, 6.45) is 0.776. The molecule has 0 N–H and O–H groups in total. The van der Waals surface area contributed by atoms with Crippen molar-refractivity contribution in [2.24, 2.45) is 0 Å². The first-order valence-electron chi connectivity index (χ1n) is 5.48. The van der Waals surface area contributed by atoms with Gasteiger partial charge in [-0.15, -0.1) is 0 Å². The van der Waals surface area contributed by atoms with E-state index >= 15 is 0 Å². The third-order valence-corrected chi connectivity index (χ3v) is 3.21. The molecule has 0 saturated carbocycles. The summed E-state index contributed by atoms with van der Waals surface area (Å²) in [4.78, 5) is 25.2. The minimum atomic E-state index is -0.230. The maximum atomic E-state index is 12.0. The first kappa shape index (κ1) is 10.4. The largest absolute Gasteiger partial charge is 0.335 e. The van der Waals surface area contributed by atoms with Gasteiger partial charge in [-0.2, -0.15) is 0 Å². The van der Waals surface area contributed by atoms with Gasteiger partial charge in [0, 0.05) is 26.2 Å². The lowest BCUT2D eigenvalue weighted by Gasteiger charge is -2.40. The number of nitrogens with zero attached hydrogens (tertiary/aromatic N) is 3. The number of ketones is 1. The molecule has 0 aliphatic carbocycles. The highest BCUT2D eigenvalue weighted by Gasteiger charge is 2.42. The van der Waals surface area contributed by atoms with E-state index in [1.807, 2.05) is 11.9 Å². The van der Waals surface area contributed by atoms with Crippen LogP contribution in [0.2, 0.25) is 0 Å². The third kappa shape index (κ3) is 1.61. The summed E-state index contributed by atoms with van der Waals surface area (Å²) in [5.74, 6) is 0.0869. The van der Waals surface area contributed by atoms with E-state index in [9.17, 15) is 9.59 Å². The van der Waals surface area contributed by atoms with E-state index < -0.39 is 0 Å². The molecule has 1 atom stereocenters. The number of urea groups is 1. The van der Waals surface area contributed by atoms with Gasteiger partial charge in [-0.3, -0.25) is 4.79 Å². The Labute approximate surface area is 89.6 Å². The molecular weight excluding hydrogens is 194 g/mol. The quantitative estimate of drug-likeness (QED) is 0.661. The highest BCUT2D eigenvalue weighted by molar-refractivity contribution is 5.87. The van der Waals surface area contributed by atoms with E-state index in [0.717, 1.165) is 26.1 Å². The number of hydrazine groups is 1. The molecule has 0 bridgehead atoms. The zero-order valence-corrected chi connectivity index (χ0v) is 9.27. The molecule has 0 spiro atoms. The Kier molecular flexibility index (Phi) is 2.65. The first-order valence-corrected chi connectivity index (χ1v) is 5.48. The van der Waals surface area contributed by atoms with Gasteiger partial charge in [-0.1, -0.05) is 0 Å². The van der Waals surface area contributed by atoms with E-state index in [1.54, 1.807) is 16.8 Å². The minimum Gasteiger partial charge on any atom is -0.322 e. The van der Waals surface area contributed by atoms with E-state index in [0.29, 0.717) is 6.54 Å². The van der Waals surface area contributed by atoms with E-state index in [2.05, 4.69) is 0 Å². The Morgan fingerprint density at radius 3 is 2.73 bits per heavy atom. The SMILES string of the molecule is CCN1CCN2CC[C@@H](C(C)=O)N2C1=O. The number of hydrogen-bond donors (Lipinski definition) is 0. The zero-order valence-electron chi connectivity index (χ0n) is 9.27. The van der Waals surface area contributed by atoms with Crippen LogP contribution in [0, 0.1) is 0 Å². The molecule has 2 aliphatic heterocycles. The molecule has 0 radical (unpaired) electrons. The van der Waals surface area contributed by atoms with Crippen molar-refractivity contribution in [2.75, 3.05) is 26.2 Å². The monoisotopic (exact) mass is 211 g/mol. The summed E-state index contributed by atoms with van der Waals surface area (Å²) in [5.41, 5.74) is 0. The van der Waals surface area contributed by atoms with Crippen molar-refractivity contribution in [3.05, 3.63) is 0 Å². The number of carbonyl (C=O) groups is 2. The maximum absolute atomic E-state index is 12.0. The molecule has 0 aromatic heterocycles. The highest BCUT2D eigenvalue weighted by Crippen LogP contribution is 2.23. The second kappa shape index (κ2) is 3.81. The van der Waals surface area contributed by atoms with Crippen LogP contribution in [-0.4, -0.2) is 59.0 Å². The van der Waals surface area contributed by atoms with Crippen molar-refractivity contribution < 1.29 is 9.59 Å². The average molecular weight is 211 g/mol. The Balaban J connectivity index is 2.18. The Bertz CT molecular complexity index is 292. The standard InChI is InChI=1S/C10H17N3O2/c1-3-11-6-7-12-5-4-9(8(2)14)13(12)10(11)15/h9H,3-7H2,1-2H3/t9-/m0/s1. The predicted molar refractivity (Wildman–Crippen MR) is 55.1 cm³/mol. The van der Waals surface area contributed by atoms with Gasteiger partial charge < -0.3 is 4.90 Å². The number of fused-ring (bicyclic) bond motifs is 1. The number of amides is 2. The molecule has 2 fully saturated rings. The van der Waals surface area contributed by atoms with Gasteiger partial charge in [0.15, 0.2) is 5.78 Å². The molecule has 84 valence electrons. The van der Waals surface area contributed by atoms with Crippen molar-refractivity contribution in [3.8, 4) is 0 Å². The van der Waals surface area contributed by atoms with Crippen LogP contribution in [0.4, 0.5) is 4.79 Å². The molecule has 5 nitrogen and oxygen atoms in total. The summed E-state index contributed by atoms with van der Waals surface area (Å²) in [6, 6.07) is -0.242. The van der Waals surface area contributed by atoms with E-state index in [-0.39, 0.29) is 17.9 Å². The smallest absolute Gasteiger partial charge is 0.322 e. The van der Waals surface area contributed by atoms with Gasteiger partial charge in [0.1, 0.15) is 6.04 Å². The fourth-order valence-corrected chi connectivity index (χ4v) is 2.32. The third-order valence-electron chi connectivity index (χ3n) is 3.21. The summed E-state index contributed by atoms with van der Waals surface area (Å²) >= 11 is 0. The fourth-order valence-electron chi connectivity index (χ4n) is 2.32. The Morgan fingerprint density at radius 1 is 1.40 bits per heavy atom. The van der Waals surface area contributed by atoms with Crippen LogP contribution in [0.5, 0.6) is 0 Å². The van der Waals surface area contributed by atoms with Crippen LogP contribution >= 0.6 is 0 Å². The number of likely N-dealkylation sites (N-methyl/N-ethyl adjacent to an activating group) is 1. The summed E-state index contributed by atoms with van der Waals surface area (Å²) in [6.45, 7) is 6.69. The lowest BCUT2D eigenvalue weighted by atomic mass is 10.1. The summed E-state index contributed by atoms with van der Waals surface area (Å²) in [5, 5.41) is 3.65. The second-order valence-electron chi connectivity index (χ2n) is 4.08. The number of rotatable bonds is 2. The molecule has 0 aromatic carbocycles. The summed E-state index contributed by atoms with van der Waals surface area (Å²) < 4.78 is 0. The minimum absolute atomic E-state index is 0.0125. The molecule has 15 heavy (non-hydrogen) atoms. The highest BCUT2D eigenvalue weighted by atomic mass is 16.2. The van der Waals surface area contributed by atoms with Crippen LogP contribution in [0.3, 0.4) is 0 Å². The van der Waals surface area contributed by atoms with Crippen LogP contribution in [0.25, 0.3) is 0 Å². The van der Waals surface area contributed by atoms with Gasteiger partial charge in [0.2, 0.25) is 0 Å². The molecule has 2 amide bonds. The van der Waals surface area contributed by atoms with Gasteiger partial charge in [0.25, 0.3) is 0 Å². The fraction of sp³-hybridized carbons (Fsp3) is 0.800. The topological polar surface area (TPSA) is 43.9 Å². The lowest BCUT2D eigenvalue weighted by molar-refractivity contribution is -0.124. The van der Waals surface area contributed by atoms with Gasteiger partial charge >= 0.3 is 6.03 Å². The summed E-state index contributed by atoms with van der Waals surface area (Å²) in [7, 11) is 0. The molecule has 0 aromatic rings. The molecule has 5 heteroatoms. The van der Waals surface area contributed by atoms with Crippen LogP contribution in [0.1, 0.15) is 20.3 Å². The van der Waals surface area contributed by atoms with Crippen molar-refractivity contribution in [3.63, 3.8) is 0 Å². The van der Waals surface area contributed by atoms with Crippen molar-refractivity contribution >= 4 is 11.8 Å². The van der Waals surface area contributed by atoms with Gasteiger partial charge in [-0.05, 0) is 20.3 Å². The van der Waals surface area contributed by atoms with Crippen molar-refractivity contribution in [1.29, 1.82) is 0 Å². The molecule has 2 aliphatic rings. The van der Waals surface area contributed by atoms with Crippen LogP contribution < -0.4 is 0 Å². The Hall–Kier alpha value is -1.10. The van der Waals surface area contributed by atoms with E-state index in [4.69, 9.17) is 0 Å². The van der Waals surface area contributed by atoms with Crippen molar-refractivity contribution in [2.45, 2.75) is 26.3 Å². The number of Topliss-reactive ketones (excluding diaryl/α,β-unsaturated/α-hetero) is 1. The number of hydrogen-bond acceptors (Lipinski definition) is 3. The van der Waals surface area contributed by atoms with Gasteiger partial charge in [0.05, 0.1) is 0 Å². The van der Waals surface area contributed by atoms with Gasteiger partial charge in [-0.25, -0.2) is 14.8 Å². The molecule has 2 saturated heterocycles. The second-order valence-corrected chi connectivity index (χ2v) is 4.08. The molecule has 2 rings (SSSR count). The molecule has 0 unspecified atom stereocenters. The molecule has 2 heterocycles. The lowest BCUT2D eigenvalue weighted by Crippen LogP contribution is -2.59. The first-order chi connectivity index (χ1) is 7.15. The molecular formula is C10H17N3O2.